The van der Waals surface area contributed by atoms with Crippen molar-refractivity contribution in [3.63, 3.8) is 0 Å². The summed E-state index contributed by atoms with van der Waals surface area (Å²) in [7, 11) is 0. The molecule has 1 aromatic rings. The molecule has 0 unspecified atom stereocenters. The maximum atomic E-state index is 11.6. The van der Waals surface area contributed by atoms with Crippen LogP contribution in [0.2, 0.25) is 0 Å². The number of hydrogen-bond acceptors (Lipinski definition) is 4. The highest BCUT2D eigenvalue weighted by Crippen LogP contribution is 2.20. The van der Waals surface area contributed by atoms with Gasteiger partial charge in [0.25, 0.3) is 0 Å². The number of benzene rings is 1. The van der Waals surface area contributed by atoms with Gasteiger partial charge in [-0.2, -0.15) is 0 Å². The van der Waals surface area contributed by atoms with Crippen molar-refractivity contribution in [1.29, 1.82) is 0 Å². The summed E-state index contributed by atoms with van der Waals surface area (Å²) in [6, 6.07) is 5.36. The van der Waals surface area contributed by atoms with Crippen molar-refractivity contribution in [1.82, 2.24) is 0 Å². The quantitative estimate of drug-likeness (QED) is 0.449. The summed E-state index contributed by atoms with van der Waals surface area (Å²) in [5, 5.41) is 0. The van der Waals surface area contributed by atoms with Gasteiger partial charge < -0.3 is 10.2 Å². The highest BCUT2D eigenvalue weighted by Gasteiger charge is 2.13. The Labute approximate surface area is 89.4 Å². The molecule has 0 amide bonds. The van der Waals surface area contributed by atoms with Gasteiger partial charge in [-0.15, -0.1) is 0 Å². The molecule has 0 fully saturated rings. The molecule has 0 aliphatic rings. The van der Waals surface area contributed by atoms with Crippen molar-refractivity contribution in [2.24, 2.45) is 5.84 Å². The number of carbonyl (C=O) groups excluding carboxylic acids is 1. The van der Waals surface area contributed by atoms with E-state index in [4.69, 9.17) is 10.6 Å². The second kappa shape index (κ2) is 5.36. The van der Waals surface area contributed by atoms with Crippen molar-refractivity contribution < 1.29 is 9.53 Å². The second-order valence-electron chi connectivity index (χ2n) is 3.05. The lowest BCUT2D eigenvalue weighted by atomic mass is 10.0. The smallest absolute Gasteiger partial charge is 0.338 e. The average molecular weight is 208 g/mol. The molecule has 0 radical (unpaired) electrons. The number of carbonyl (C=O) groups is 1. The molecule has 4 nitrogen and oxygen atoms in total. The minimum atomic E-state index is -0.300. The van der Waals surface area contributed by atoms with E-state index in [0.29, 0.717) is 12.2 Å². The van der Waals surface area contributed by atoms with Crippen LogP contribution in [0.15, 0.2) is 18.2 Å². The van der Waals surface area contributed by atoms with Crippen LogP contribution in [-0.4, -0.2) is 12.6 Å². The first-order valence-electron chi connectivity index (χ1n) is 5.00. The lowest BCUT2D eigenvalue weighted by Crippen LogP contribution is -2.13. The highest BCUT2D eigenvalue weighted by atomic mass is 16.5. The fraction of sp³-hybridized carbons (Fsp3) is 0.364. The van der Waals surface area contributed by atoms with E-state index in [9.17, 15) is 4.79 Å². The summed E-state index contributed by atoms with van der Waals surface area (Å²) < 4.78 is 4.96. The molecule has 4 heteroatoms. The molecule has 0 spiro atoms. The maximum Gasteiger partial charge on any atom is 0.338 e. The van der Waals surface area contributed by atoms with E-state index in [0.717, 1.165) is 17.7 Å². The minimum absolute atomic E-state index is 0.300. The maximum absolute atomic E-state index is 11.6. The molecular weight excluding hydrogens is 192 g/mol. The van der Waals surface area contributed by atoms with Crippen LogP contribution in [0, 0.1) is 0 Å². The summed E-state index contributed by atoms with van der Waals surface area (Å²) in [5.41, 5.74) is 4.81. The molecule has 15 heavy (non-hydrogen) atoms. The summed E-state index contributed by atoms with van der Waals surface area (Å²) in [6.07, 6.45) is 0.731. The normalized spacial score (nSPS) is 9.80. The lowest BCUT2D eigenvalue weighted by Gasteiger charge is -2.11. The first-order valence-corrected chi connectivity index (χ1v) is 5.00. The summed E-state index contributed by atoms with van der Waals surface area (Å²) in [5.74, 6) is 5.07. The van der Waals surface area contributed by atoms with Crippen molar-refractivity contribution in [2.45, 2.75) is 20.3 Å². The number of hydrazine groups is 1. The molecule has 0 heterocycles. The van der Waals surface area contributed by atoms with E-state index < -0.39 is 0 Å². The Kier molecular flexibility index (Phi) is 4.12. The topological polar surface area (TPSA) is 64.3 Å². The zero-order valence-electron chi connectivity index (χ0n) is 9.04. The summed E-state index contributed by atoms with van der Waals surface area (Å²) in [4.78, 5) is 11.6. The van der Waals surface area contributed by atoms with E-state index in [-0.39, 0.29) is 5.97 Å². The van der Waals surface area contributed by atoms with E-state index in [2.05, 4.69) is 5.43 Å². The number of nitrogens with two attached hydrogens (primary N) is 1. The first-order chi connectivity index (χ1) is 7.24. The van der Waals surface area contributed by atoms with Crippen LogP contribution < -0.4 is 11.3 Å². The van der Waals surface area contributed by atoms with Gasteiger partial charge >= 0.3 is 5.97 Å². The van der Waals surface area contributed by atoms with Gasteiger partial charge in [-0.1, -0.05) is 13.0 Å². The van der Waals surface area contributed by atoms with E-state index in [1.54, 1.807) is 19.1 Å². The van der Waals surface area contributed by atoms with Crippen molar-refractivity contribution in [2.75, 3.05) is 12.0 Å². The Hall–Kier alpha value is -1.55. The van der Waals surface area contributed by atoms with Crippen LogP contribution in [0.4, 0.5) is 5.69 Å². The molecule has 1 aromatic carbocycles. The third-order valence-electron chi connectivity index (χ3n) is 2.18. The Morgan fingerprint density at radius 2 is 2.20 bits per heavy atom. The summed E-state index contributed by atoms with van der Waals surface area (Å²) >= 11 is 0. The van der Waals surface area contributed by atoms with E-state index in [1.807, 2.05) is 13.0 Å². The fourth-order valence-electron chi connectivity index (χ4n) is 1.50. The van der Waals surface area contributed by atoms with Crippen LogP contribution >= 0.6 is 0 Å². The number of esters is 1. The molecule has 0 bridgehead atoms. The zero-order valence-corrected chi connectivity index (χ0v) is 9.04. The van der Waals surface area contributed by atoms with E-state index in [1.165, 1.54) is 0 Å². The predicted octanol–water partition coefficient (Wildman–Crippen LogP) is 1.71. The SMILES string of the molecule is CCOC(=O)c1cccc(NN)c1CC. The predicted molar refractivity (Wildman–Crippen MR) is 59.6 cm³/mol. The Morgan fingerprint density at radius 1 is 1.47 bits per heavy atom. The van der Waals surface area contributed by atoms with Crippen molar-refractivity contribution >= 4 is 11.7 Å². The molecule has 3 N–H and O–H groups in total. The number of anilines is 1. The largest absolute Gasteiger partial charge is 0.462 e. The highest BCUT2D eigenvalue weighted by molar-refractivity contribution is 5.92. The number of hydrogen-bond donors (Lipinski definition) is 2. The van der Waals surface area contributed by atoms with Gasteiger partial charge in [0.2, 0.25) is 0 Å². The van der Waals surface area contributed by atoms with Gasteiger partial charge in [-0.05, 0) is 31.0 Å². The molecule has 0 aliphatic carbocycles. The van der Waals surface area contributed by atoms with Crippen LogP contribution in [-0.2, 0) is 11.2 Å². The molecule has 1 rings (SSSR count). The van der Waals surface area contributed by atoms with Crippen LogP contribution in [0.5, 0.6) is 0 Å². The fourth-order valence-corrected chi connectivity index (χ4v) is 1.50. The molecule has 0 atom stereocenters. The zero-order chi connectivity index (χ0) is 11.3. The van der Waals surface area contributed by atoms with Crippen molar-refractivity contribution in [3.05, 3.63) is 29.3 Å². The summed E-state index contributed by atoms with van der Waals surface area (Å²) in [6.45, 7) is 4.13. The molecule has 0 saturated carbocycles. The number of nitrogen functional groups attached to an aromatic ring is 1. The van der Waals surface area contributed by atoms with Gasteiger partial charge in [-0.3, -0.25) is 5.84 Å². The molecule has 0 saturated heterocycles. The van der Waals surface area contributed by atoms with Gasteiger partial charge in [-0.25, -0.2) is 4.79 Å². The Morgan fingerprint density at radius 3 is 2.73 bits per heavy atom. The lowest BCUT2D eigenvalue weighted by molar-refractivity contribution is 0.0525. The first kappa shape index (κ1) is 11.5. The second-order valence-corrected chi connectivity index (χ2v) is 3.05. The number of rotatable bonds is 4. The standard InChI is InChI=1S/C11H16N2O2/c1-3-8-9(11(14)15-4-2)6-5-7-10(8)13-12/h5-7,13H,3-4,12H2,1-2H3. The van der Waals surface area contributed by atoms with Crippen LogP contribution in [0.25, 0.3) is 0 Å². The van der Waals surface area contributed by atoms with Gasteiger partial charge in [0, 0.05) is 0 Å². The van der Waals surface area contributed by atoms with Gasteiger partial charge in [0.05, 0.1) is 17.9 Å². The van der Waals surface area contributed by atoms with Crippen LogP contribution in [0.1, 0.15) is 29.8 Å². The third-order valence-corrected chi connectivity index (χ3v) is 2.18. The van der Waals surface area contributed by atoms with Gasteiger partial charge in [0.1, 0.15) is 0 Å². The number of nitrogens with one attached hydrogen (secondary N) is 1. The van der Waals surface area contributed by atoms with Gasteiger partial charge in [0.15, 0.2) is 0 Å². The monoisotopic (exact) mass is 208 g/mol. The van der Waals surface area contributed by atoms with Crippen molar-refractivity contribution in [3.8, 4) is 0 Å². The Bertz CT molecular complexity index is 350. The molecular formula is C11H16N2O2. The minimum Gasteiger partial charge on any atom is -0.462 e. The Balaban J connectivity index is 3.11. The molecule has 82 valence electrons. The third kappa shape index (κ3) is 2.47. The average Bonchev–Trinajstić information content (AvgIpc) is 2.28. The molecule has 0 aliphatic heterocycles. The number of ether oxygens (including phenoxy) is 1. The molecule has 0 aromatic heterocycles. The van der Waals surface area contributed by atoms with E-state index >= 15 is 0 Å². The van der Waals surface area contributed by atoms with Crippen LogP contribution in [0.3, 0.4) is 0 Å².